The summed E-state index contributed by atoms with van der Waals surface area (Å²) < 4.78 is 0. The molecule has 60 valence electrons. The average Bonchev–Trinajstić information content (AvgIpc) is 1.84. The van der Waals surface area contributed by atoms with Gasteiger partial charge < -0.3 is 0 Å². The Morgan fingerprint density at radius 2 is 2.36 bits per heavy atom. The molecule has 1 saturated carbocycles. The third-order valence-electron chi connectivity index (χ3n) is 2.23. The Morgan fingerprint density at radius 3 is 2.82 bits per heavy atom. The highest BCUT2D eigenvalue weighted by Crippen LogP contribution is 2.36. The van der Waals surface area contributed by atoms with Gasteiger partial charge in [0.05, 0.1) is 11.5 Å². The summed E-state index contributed by atoms with van der Waals surface area (Å²) in [7, 11) is 0. The number of carbonyl (C=O) groups excluding carboxylic acids is 1. The van der Waals surface area contributed by atoms with Crippen molar-refractivity contribution in [1.29, 1.82) is 5.26 Å². The first-order chi connectivity index (χ1) is 5.06. The minimum atomic E-state index is -0.380. The summed E-state index contributed by atoms with van der Waals surface area (Å²) in [5, 5.41) is 8.78. The topological polar surface area (TPSA) is 40.9 Å². The zero-order valence-corrected chi connectivity index (χ0v) is 7.05. The van der Waals surface area contributed by atoms with Crippen LogP contribution in [0.3, 0.4) is 0 Å². The van der Waals surface area contributed by atoms with Crippen molar-refractivity contribution in [2.45, 2.75) is 33.1 Å². The Kier molecular flexibility index (Phi) is 1.99. The van der Waals surface area contributed by atoms with Gasteiger partial charge in [-0.15, -0.1) is 0 Å². The molecule has 11 heavy (non-hydrogen) atoms. The molecule has 0 saturated heterocycles. The van der Waals surface area contributed by atoms with E-state index in [0.29, 0.717) is 18.8 Å². The van der Waals surface area contributed by atoms with E-state index in [1.54, 1.807) is 0 Å². The summed E-state index contributed by atoms with van der Waals surface area (Å²) in [4.78, 5) is 11.1. The van der Waals surface area contributed by atoms with Crippen molar-refractivity contribution in [3.05, 3.63) is 0 Å². The minimum Gasteiger partial charge on any atom is -0.300 e. The zero-order chi connectivity index (χ0) is 8.48. The molecule has 2 atom stereocenters. The normalized spacial score (nSPS) is 38.3. The van der Waals surface area contributed by atoms with Crippen molar-refractivity contribution in [3.8, 4) is 6.07 Å². The number of rotatable bonds is 0. The molecule has 0 heterocycles. The fourth-order valence-electron chi connectivity index (χ4n) is 1.89. The first-order valence-corrected chi connectivity index (χ1v) is 3.99. The van der Waals surface area contributed by atoms with Crippen LogP contribution >= 0.6 is 0 Å². The lowest BCUT2D eigenvalue weighted by molar-refractivity contribution is -0.123. The van der Waals surface area contributed by atoms with Crippen molar-refractivity contribution < 1.29 is 4.79 Å². The lowest BCUT2D eigenvalue weighted by Gasteiger charge is -2.29. The predicted octanol–water partition coefficient (Wildman–Crippen LogP) is 1.91. The fourth-order valence-corrected chi connectivity index (χ4v) is 1.89. The van der Waals surface area contributed by atoms with E-state index in [-0.39, 0.29) is 11.2 Å². The van der Waals surface area contributed by atoms with Crippen LogP contribution in [0.2, 0.25) is 0 Å². The van der Waals surface area contributed by atoms with E-state index >= 15 is 0 Å². The Labute approximate surface area is 67.2 Å². The maximum atomic E-state index is 11.1. The van der Waals surface area contributed by atoms with E-state index in [9.17, 15) is 4.79 Å². The summed E-state index contributed by atoms with van der Waals surface area (Å²) in [6, 6.07) is 2.22. The van der Waals surface area contributed by atoms with Crippen molar-refractivity contribution in [2.75, 3.05) is 0 Å². The quantitative estimate of drug-likeness (QED) is 0.530. The molecule has 0 aromatic heterocycles. The van der Waals surface area contributed by atoms with Gasteiger partial charge >= 0.3 is 0 Å². The lowest BCUT2D eigenvalue weighted by Crippen LogP contribution is -2.28. The molecule has 0 amide bonds. The van der Waals surface area contributed by atoms with E-state index in [4.69, 9.17) is 5.26 Å². The van der Waals surface area contributed by atoms with Gasteiger partial charge in [0.15, 0.2) is 0 Å². The van der Waals surface area contributed by atoms with Crippen LogP contribution in [0.4, 0.5) is 0 Å². The van der Waals surface area contributed by atoms with E-state index in [2.05, 4.69) is 6.07 Å². The molecule has 0 unspecified atom stereocenters. The van der Waals surface area contributed by atoms with Gasteiger partial charge in [-0.1, -0.05) is 6.92 Å². The third kappa shape index (κ3) is 1.80. The molecule has 0 spiro atoms. The zero-order valence-electron chi connectivity index (χ0n) is 7.05. The van der Waals surface area contributed by atoms with Crippen LogP contribution in [0.15, 0.2) is 0 Å². The minimum absolute atomic E-state index is 0.243. The van der Waals surface area contributed by atoms with E-state index < -0.39 is 0 Å². The van der Waals surface area contributed by atoms with Crippen molar-refractivity contribution >= 4 is 5.78 Å². The summed E-state index contributed by atoms with van der Waals surface area (Å²) >= 11 is 0. The molecular weight excluding hydrogens is 138 g/mol. The second-order valence-electron chi connectivity index (χ2n) is 3.90. The van der Waals surface area contributed by atoms with Gasteiger partial charge in [-0.3, -0.25) is 4.79 Å². The maximum Gasteiger partial charge on any atom is 0.134 e. The van der Waals surface area contributed by atoms with Crippen molar-refractivity contribution in [3.63, 3.8) is 0 Å². The fraction of sp³-hybridized carbons (Fsp3) is 0.778. The SMILES string of the molecule is C[C@H]1CC(=O)C[C@@](C)(C#N)C1. The average molecular weight is 151 g/mol. The van der Waals surface area contributed by atoms with Crippen LogP contribution < -0.4 is 0 Å². The first-order valence-electron chi connectivity index (χ1n) is 3.99. The molecule has 0 N–H and O–H groups in total. The first kappa shape index (κ1) is 8.26. The number of nitrogens with zero attached hydrogens (tertiary/aromatic N) is 1. The van der Waals surface area contributed by atoms with Crippen LogP contribution in [0.1, 0.15) is 33.1 Å². The number of carbonyl (C=O) groups is 1. The standard InChI is InChI=1S/C9H13NO/c1-7-3-8(11)5-9(2,4-7)6-10/h7H,3-5H2,1-2H3/t7-,9-/m0/s1. The van der Waals surface area contributed by atoms with Gasteiger partial charge in [0.2, 0.25) is 0 Å². The Balaban J connectivity index is 2.72. The summed E-state index contributed by atoms with van der Waals surface area (Å²) in [6.07, 6.45) is 1.99. The largest absolute Gasteiger partial charge is 0.300 e. The molecule has 0 aromatic carbocycles. The molecule has 0 radical (unpaired) electrons. The second kappa shape index (κ2) is 2.65. The van der Waals surface area contributed by atoms with Crippen LogP contribution in [0, 0.1) is 22.7 Å². The highest BCUT2D eigenvalue weighted by Gasteiger charge is 2.34. The number of hydrogen-bond acceptors (Lipinski definition) is 2. The van der Waals surface area contributed by atoms with E-state index in [1.807, 2.05) is 13.8 Å². The molecule has 0 aliphatic heterocycles. The Bertz CT molecular complexity index is 216. The van der Waals surface area contributed by atoms with Crippen molar-refractivity contribution in [2.24, 2.45) is 11.3 Å². The highest BCUT2D eigenvalue weighted by molar-refractivity contribution is 5.80. The van der Waals surface area contributed by atoms with Gasteiger partial charge in [-0.25, -0.2) is 0 Å². The van der Waals surface area contributed by atoms with E-state index in [0.717, 1.165) is 6.42 Å². The van der Waals surface area contributed by atoms with Crippen LogP contribution in [-0.2, 0) is 4.79 Å². The molecule has 2 nitrogen and oxygen atoms in total. The third-order valence-corrected chi connectivity index (χ3v) is 2.23. The lowest BCUT2D eigenvalue weighted by atomic mass is 9.72. The number of nitriles is 1. The van der Waals surface area contributed by atoms with Crippen LogP contribution in [0.5, 0.6) is 0 Å². The summed E-state index contributed by atoms with van der Waals surface area (Å²) in [5.74, 6) is 0.633. The summed E-state index contributed by atoms with van der Waals surface area (Å²) in [6.45, 7) is 3.91. The van der Waals surface area contributed by atoms with Gasteiger partial charge in [-0.05, 0) is 19.3 Å². The van der Waals surface area contributed by atoms with Crippen LogP contribution in [-0.4, -0.2) is 5.78 Å². The molecule has 0 aromatic rings. The molecule has 0 bridgehead atoms. The van der Waals surface area contributed by atoms with Gasteiger partial charge in [0.25, 0.3) is 0 Å². The molecule has 1 aliphatic rings. The molecular formula is C9H13NO. The number of Topliss-reactive ketones (excluding diaryl/α,β-unsaturated/α-hetero) is 1. The highest BCUT2D eigenvalue weighted by atomic mass is 16.1. The second-order valence-corrected chi connectivity index (χ2v) is 3.90. The van der Waals surface area contributed by atoms with Gasteiger partial charge in [0.1, 0.15) is 5.78 Å². The van der Waals surface area contributed by atoms with E-state index in [1.165, 1.54) is 0 Å². The Hall–Kier alpha value is -0.840. The molecule has 1 rings (SSSR count). The van der Waals surface area contributed by atoms with Gasteiger partial charge in [-0.2, -0.15) is 5.26 Å². The molecule has 2 heteroatoms. The Morgan fingerprint density at radius 1 is 1.73 bits per heavy atom. The smallest absolute Gasteiger partial charge is 0.134 e. The maximum absolute atomic E-state index is 11.1. The molecule has 1 aliphatic carbocycles. The monoisotopic (exact) mass is 151 g/mol. The van der Waals surface area contributed by atoms with Gasteiger partial charge in [0, 0.05) is 12.8 Å². The van der Waals surface area contributed by atoms with Crippen molar-refractivity contribution in [1.82, 2.24) is 0 Å². The number of hydrogen-bond donors (Lipinski definition) is 0. The van der Waals surface area contributed by atoms with Crippen LogP contribution in [0.25, 0.3) is 0 Å². The summed E-state index contributed by atoms with van der Waals surface area (Å²) in [5.41, 5.74) is -0.380. The number of ketones is 1. The molecule has 1 fully saturated rings. The predicted molar refractivity (Wildman–Crippen MR) is 41.7 cm³/mol.